The van der Waals surface area contributed by atoms with Crippen LogP contribution in [0.25, 0.3) is 0 Å². The Morgan fingerprint density at radius 1 is 1.19 bits per heavy atom. The minimum absolute atomic E-state index is 0.196. The van der Waals surface area contributed by atoms with E-state index in [4.69, 9.17) is 24.5 Å². The molecule has 0 aliphatic carbocycles. The van der Waals surface area contributed by atoms with Crippen LogP contribution >= 0.6 is 0 Å². The van der Waals surface area contributed by atoms with E-state index < -0.39 is 17.5 Å². The molecule has 1 amide bonds. The third kappa shape index (κ3) is 8.85. The fraction of sp³-hybridized carbons (Fsp3) is 0.769. The van der Waals surface area contributed by atoms with Gasteiger partial charge in [0, 0.05) is 19.1 Å². The second-order valence-corrected chi connectivity index (χ2v) is 5.69. The third-order valence-corrected chi connectivity index (χ3v) is 2.54. The van der Waals surface area contributed by atoms with Crippen molar-refractivity contribution in [3.05, 3.63) is 0 Å². The highest BCUT2D eigenvalue weighted by Crippen LogP contribution is 2.13. The molecule has 0 saturated carbocycles. The van der Waals surface area contributed by atoms with Gasteiger partial charge in [-0.25, -0.2) is 14.4 Å². The van der Waals surface area contributed by atoms with Crippen molar-refractivity contribution in [1.29, 1.82) is 0 Å². The average Bonchev–Trinajstić information content (AvgIpc) is 2.52. The van der Waals surface area contributed by atoms with Crippen molar-refractivity contribution in [2.75, 3.05) is 19.6 Å². The van der Waals surface area contributed by atoms with Gasteiger partial charge in [0.2, 0.25) is 0 Å². The maximum absolute atomic E-state index is 11.9. The molecule has 0 aromatic heterocycles. The molecule has 0 bridgehead atoms. The summed E-state index contributed by atoms with van der Waals surface area (Å²) in [6.07, 6.45) is 0.794. The summed E-state index contributed by atoms with van der Waals surface area (Å²) in [6, 6.07) is 0.211. The van der Waals surface area contributed by atoms with E-state index in [1.165, 1.54) is 0 Å². The second kappa shape index (κ2) is 8.46. The number of hydrogen-bond donors (Lipinski definition) is 3. The maximum Gasteiger partial charge on any atom is 0.414 e. The smallest absolute Gasteiger partial charge is 0.414 e. The van der Waals surface area contributed by atoms with Crippen molar-refractivity contribution >= 4 is 18.0 Å². The molecule has 1 heterocycles. The Bertz CT molecular complexity index is 365. The van der Waals surface area contributed by atoms with Gasteiger partial charge in [0.25, 0.3) is 0 Å². The molecular formula is C13H24N2O6. The fourth-order valence-corrected chi connectivity index (χ4v) is 1.61. The summed E-state index contributed by atoms with van der Waals surface area (Å²) in [5, 5.41) is 18.1. The molecule has 1 rings (SSSR count). The molecule has 0 unspecified atom stereocenters. The van der Waals surface area contributed by atoms with E-state index in [-0.39, 0.29) is 12.1 Å². The van der Waals surface area contributed by atoms with Gasteiger partial charge in [-0.3, -0.25) is 0 Å². The van der Waals surface area contributed by atoms with Crippen LogP contribution in [-0.2, 0) is 14.3 Å². The number of carboxylic acids is 2. The summed E-state index contributed by atoms with van der Waals surface area (Å²) < 4.78 is 5.36. The molecule has 0 aromatic rings. The first-order chi connectivity index (χ1) is 9.54. The largest absolute Gasteiger partial charge is 0.473 e. The lowest BCUT2D eigenvalue weighted by atomic mass is 10.2. The number of carboxylic acid groups (broad SMARTS) is 2. The van der Waals surface area contributed by atoms with E-state index in [1.54, 1.807) is 0 Å². The molecule has 0 spiro atoms. The van der Waals surface area contributed by atoms with Crippen LogP contribution in [0.1, 0.15) is 34.1 Å². The van der Waals surface area contributed by atoms with Crippen LogP contribution in [0.15, 0.2) is 0 Å². The van der Waals surface area contributed by atoms with Crippen molar-refractivity contribution in [1.82, 2.24) is 10.2 Å². The van der Waals surface area contributed by atoms with Crippen LogP contribution in [0.5, 0.6) is 0 Å². The monoisotopic (exact) mass is 304 g/mol. The van der Waals surface area contributed by atoms with Gasteiger partial charge in [-0.1, -0.05) is 0 Å². The van der Waals surface area contributed by atoms with E-state index in [0.717, 1.165) is 26.1 Å². The molecular weight excluding hydrogens is 280 g/mol. The van der Waals surface area contributed by atoms with Crippen LogP contribution in [0.2, 0.25) is 0 Å². The quantitative estimate of drug-likeness (QED) is 0.566. The lowest BCUT2D eigenvalue weighted by Crippen LogP contribution is -2.44. The zero-order chi connectivity index (χ0) is 16.6. The summed E-state index contributed by atoms with van der Waals surface area (Å²) in [6.45, 7) is 10.3. The SMILES string of the molecule is C[C@H]1CNCCCN1C(=O)OC(C)(C)C.O=C(O)C(=O)O. The number of carbonyl (C=O) groups excluding carboxylic acids is 1. The Morgan fingerprint density at radius 2 is 1.71 bits per heavy atom. The molecule has 0 aromatic carbocycles. The number of hydrogen-bond acceptors (Lipinski definition) is 5. The van der Waals surface area contributed by atoms with Crippen LogP contribution in [0, 0.1) is 0 Å². The minimum Gasteiger partial charge on any atom is -0.473 e. The van der Waals surface area contributed by atoms with E-state index in [9.17, 15) is 4.79 Å². The molecule has 21 heavy (non-hydrogen) atoms. The maximum atomic E-state index is 11.9. The van der Waals surface area contributed by atoms with Gasteiger partial charge in [0.05, 0.1) is 0 Å². The number of ether oxygens (including phenoxy) is 1. The van der Waals surface area contributed by atoms with Gasteiger partial charge in [-0.05, 0) is 40.7 Å². The topological polar surface area (TPSA) is 116 Å². The van der Waals surface area contributed by atoms with Gasteiger partial charge in [-0.2, -0.15) is 0 Å². The highest BCUT2D eigenvalue weighted by Gasteiger charge is 2.26. The number of rotatable bonds is 0. The summed E-state index contributed by atoms with van der Waals surface area (Å²) in [7, 11) is 0. The van der Waals surface area contributed by atoms with Crippen LogP contribution in [-0.4, -0.2) is 64.4 Å². The number of aliphatic carboxylic acids is 2. The van der Waals surface area contributed by atoms with E-state index >= 15 is 0 Å². The molecule has 1 aliphatic heterocycles. The van der Waals surface area contributed by atoms with Gasteiger partial charge >= 0.3 is 18.0 Å². The number of nitrogens with zero attached hydrogens (tertiary/aromatic N) is 1. The van der Waals surface area contributed by atoms with E-state index in [2.05, 4.69) is 5.32 Å². The number of amides is 1. The molecule has 1 saturated heterocycles. The highest BCUT2D eigenvalue weighted by atomic mass is 16.6. The first-order valence-corrected chi connectivity index (χ1v) is 6.71. The van der Waals surface area contributed by atoms with Crippen LogP contribution in [0.4, 0.5) is 4.79 Å². The van der Waals surface area contributed by atoms with Crippen molar-refractivity contribution in [3.8, 4) is 0 Å². The lowest BCUT2D eigenvalue weighted by molar-refractivity contribution is -0.159. The van der Waals surface area contributed by atoms with Crippen LogP contribution in [0.3, 0.4) is 0 Å². The normalized spacial score (nSPS) is 18.9. The Hall–Kier alpha value is -1.83. The predicted molar refractivity (Wildman–Crippen MR) is 75.2 cm³/mol. The molecule has 0 radical (unpaired) electrons. The first-order valence-electron chi connectivity index (χ1n) is 6.71. The Kier molecular flexibility index (Phi) is 7.72. The Morgan fingerprint density at radius 3 is 2.14 bits per heavy atom. The highest BCUT2D eigenvalue weighted by molar-refractivity contribution is 6.27. The fourth-order valence-electron chi connectivity index (χ4n) is 1.61. The molecule has 1 fully saturated rings. The summed E-state index contributed by atoms with van der Waals surface area (Å²) in [4.78, 5) is 31.9. The van der Waals surface area contributed by atoms with Crippen molar-refractivity contribution in [2.24, 2.45) is 0 Å². The molecule has 8 heteroatoms. The minimum atomic E-state index is -1.82. The van der Waals surface area contributed by atoms with E-state index in [0.29, 0.717) is 0 Å². The Balaban J connectivity index is 0.000000567. The molecule has 1 aliphatic rings. The summed E-state index contributed by atoms with van der Waals surface area (Å²) >= 11 is 0. The second-order valence-electron chi connectivity index (χ2n) is 5.69. The summed E-state index contributed by atoms with van der Waals surface area (Å²) in [5.74, 6) is -3.65. The number of nitrogens with one attached hydrogen (secondary N) is 1. The van der Waals surface area contributed by atoms with Crippen LogP contribution < -0.4 is 5.32 Å². The van der Waals surface area contributed by atoms with Gasteiger partial charge in [0.1, 0.15) is 5.60 Å². The Labute approximate surface area is 124 Å². The zero-order valence-electron chi connectivity index (χ0n) is 12.9. The number of carbonyl (C=O) groups is 3. The van der Waals surface area contributed by atoms with E-state index in [1.807, 2.05) is 32.6 Å². The third-order valence-electron chi connectivity index (χ3n) is 2.54. The predicted octanol–water partition coefficient (Wildman–Crippen LogP) is 0.761. The van der Waals surface area contributed by atoms with Gasteiger partial charge in [-0.15, -0.1) is 0 Å². The summed E-state index contributed by atoms with van der Waals surface area (Å²) in [5.41, 5.74) is -0.406. The van der Waals surface area contributed by atoms with Crippen molar-refractivity contribution in [2.45, 2.75) is 45.8 Å². The first kappa shape index (κ1) is 19.2. The molecule has 1 atom stereocenters. The molecule has 122 valence electrons. The lowest BCUT2D eigenvalue weighted by Gasteiger charge is -2.30. The average molecular weight is 304 g/mol. The zero-order valence-corrected chi connectivity index (χ0v) is 12.9. The van der Waals surface area contributed by atoms with Gasteiger partial charge in [0.15, 0.2) is 0 Å². The molecule has 8 nitrogen and oxygen atoms in total. The van der Waals surface area contributed by atoms with Crippen molar-refractivity contribution < 1.29 is 29.3 Å². The standard InChI is InChI=1S/C11H22N2O2.C2H2O4/c1-9-8-12-6-5-7-13(9)10(14)15-11(2,3)4;3-1(4)2(5)6/h9,12H,5-8H2,1-4H3;(H,3,4)(H,5,6)/t9-;/m0./s1. The van der Waals surface area contributed by atoms with Crippen molar-refractivity contribution in [3.63, 3.8) is 0 Å². The van der Waals surface area contributed by atoms with Gasteiger partial charge < -0.3 is 25.2 Å². The molecule has 3 N–H and O–H groups in total.